The Labute approximate surface area is 132 Å². The molecule has 2 aromatic rings. The fourth-order valence-electron chi connectivity index (χ4n) is 1.75. The van der Waals surface area contributed by atoms with Crippen LogP contribution in [0.25, 0.3) is 0 Å². The summed E-state index contributed by atoms with van der Waals surface area (Å²) in [5.41, 5.74) is 0.909. The highest BCUT2D eigenvalue weighted by atomic mass is 79.9. The van der Waals surface area contributed by atoms with Crippen LogP contribution in [-0.2, 0) is 16.6 Å². The molecule has 0 bridgehead atoms. The third-order valence-corrected chi connectivity index (χ3v) is 5.68. The van der Waals surface area contributed by atoms with E-state index < -0.39 is 10.0 Å². The second-order valence-corrected chi connectivity index (χ2v) is 7.65. The van der Waals surface area contributed by atoms with Crippen LogP contribution in [0, 0.1) is 0 Å². The van der Waals surface area contributed by atoms with Gasteiger partial charge in [0.1, 0.15) is 4.90 Å². The molecule has 0 radical (unpaired) electrons. The second-order valence-electron chi connectivity index (χ2n) is 4.32. The van der Waals surface area contributed by atoms with Gasteiger partial charge in [-0.3, -0.25) is 0 Å². The first-order valence-electron chi connectivity index (χ1n) is 5.86. The third-order valence-electron chi connectivity index (χ3n) is 2.84. The first-order valence-corrected chi connectivity index (χ1v) is 8.47. The zero-order valence-electron chi connectivity index (χ0n) is 10.8. The highest BCUT2D eigenvalue weighted by Crippen LogP contribution is 2.24. The Morgan fingerprint density at radius 2 is 1.70 bits per heavy atom. The van der Waals surface area contributed by atoms with Crippen LogP contribution < -0.4 is 0 Å². The van der Waals surface area contributed by atoms with Crippen LogP contribution in [-0.4, -0.2) is 19.8 Å². The second kappa shape index (κ2) is 6.26. The van der Waals surface area contributed by atoms with Crippen molar-refractivity contribution in [2.45, 2.75) is 11.4 Å². The van der Waals surface area contributed by atoms with Gasteiger partial charge >= 0.3 is 0 Å². The lowest BCUT2D eigenvalue weighted by molar-refractivity contribution is 0.467. The minimum absolute atomic E-state index is 0.126. The highest BCUT2D eigenvalue weighted by Gasteiger charge is 2.23. The normalized spacial score (nSPS) is 11.8. The molecule has 0 atom stereocenters. The number of hydrogen-bond donors (Lipinski definition) is 0. The predicted molar refractivity (Wildman–Crippen MR) is 84.2 cm³/mol. The van der Waals surface area contributed by atoms with E-state index in [4.69, 9.17) is 11.6 Å². The van der Waals surface area contributed by atoms with Crippen molar-refractivity contribution >= 4 is 37.6 Å². The molecule has 106 valence electrons. The first-order chi connectivity index (χ1) is 9.41. The number of rotatable bonds is 4. The summed E-state index contributed by atoms with van der Waals surface area (Å²) < 4.78 is 27.2. The fraction of sp³-hybridized carbons (Fsp3) is 0.143. The van der Waals surface area contributed by atoms with Gasteiger partial charge in [0.25, 0.3) is 0 Å². The smallest absolute Gasteiger partial charge is 0.207 e. The summed E-state index contributed by atoms with van der Waals surface area (Å²) in [5, 5.41) is 0.232. The van der Waals surface area contributed by atoms with E-state index in [1.54, 1.807) is 25.2 Å². The molecule has 0 unspecified atom stereocenters. The molecule has 0 heterocycles. The average Bonchev–Trinajstić information content (AvgIpc) is 2.41. The van der Waals surface area contributed by atoms with Crippen LogP contribution in [0.4, 0.5) is 0 Å². The van der Waals surface area contributed by atoms with Gasteiger partial charge in [-0.25, -0.2) is 8.42 Å². The van der Waals surface area contributed by atoms with Crippen molar-refractivity contribution < 1.29 is 8.42 Å². The lowest BCUT2D eigenvalue weighted by Gasteiger charge is -2.18. The van der Waals surface area contributed by atoms with Crippen LogP contribution in [0.1, 0.15) is 5.56 Å². The Balaban J connectivity index is 2.26. The van der Waals surface area contributed by atoms with Crippen molar-refractivity contribution in [2.24, 2.45) is 0 Å². The summed E-state index contributed by atoms with van der Waals surface area (Å²) in [6.07, 6.45) is 0. The number of halogens is 2. The van der Waals surface area contributed by atoms with E-state index in [0.29, 0.717) is 6.54 Å². The molecule has 0 fully saturated rings. The molecule has 2 aromatic carbocycles. The van der Waals surface area contributed by atoms with Gasteiger partial charge in [-0.1, -0.05) is 51.8 Å². The van der Waals surface area contributed by atoms with E-state index in [-0.39, 0.29) is 9.92 Å². The van der Waals surface area contributed by atoms with Crippen molar-refractivity contribution in [3.8, 4) is 0 Å². The van der Waals surface area contributed by atoms with Gasteiger partial charge in [-0.05, 0) is 29.8 Å². The van der Waals surface area contributed by atoms with E-state index in [9.17, 15) is 8.42 Å². The minimum Gasteiger partial charge on any atom is -0.207 e. The van der Waals surface area contributed by atoms with E-state index in [1.165, 1.54) is 10.4 Å². The molecule has 0 aliphatic rings. The van der Waals surface area contributed by atoms with E-state index >= 15 is 0 Å². The summed E-state index contributed by atoms with van der Waals surface area (Å²) in [6, 6.07) is 14.0. The highest BCUT2D eigenvalue weighted by molar-refractivity contribution is 9.10. The maximum Gasteiger partial charge on any atom is 0.244 e. The van der Waals surface area contributed by atoms with Gasteiger partial charge in [-0.15, -0.1) is 0 Å². The maximum atomic E-state index is 12.5. The van der Waals surface area contributed by atoms with Gasteiger partial charge in [0, 0.05) is 18.1 Å². The Morgan fingerprint density at radius 3 is 2.30 bits per heavy atom. The van der Waals surface area contributed by atoms with Crippen molar-refractivity contribution in [1.82, 2.24) is 4.31 Å². The van der Waals surface area contributed by atoms with Crippen LogP contribution in [0.3, 0.4) is 0 Å². The lowest BCUT2D eigenvalue weighted by atomic mass is 10.2. The molecule has 0 aliphatic carbocycles. The summed E-state index contributed by atoms with van der Waals surface area (Å²) in [6.45, 7) is 0.292. The van der Waals surface area contributed by atoms with E-state index in [1.807, 2.05) is 24.3 Å². The molecule has 0 aromatic heterocycles. The topological polar surface area (TPSA) is 37.4 Å². The largest absolute Gasteiger partial charge is 0.244 e. The number of benzene rings is 2. The van der Waals surface area contributed by atoms with E-state index in [2.05, 4.69) is 15.9 Å². The summed E-state index contributed by atoms with van der Waals surface area (Å²) in [5.74, 6) is 0. The van der Waals surface area contributed by atoms with Crippen molar-refractivity contribution in [3.05, 3.63) is 63.6 Å². The molecule has 0 spiro atoms. The molecule has 3 nitrogen and oxygen atoms in total. The van der Waals surface area contributed by atoms with Crippen molar-refractivity contribution in [3.63, 3.8) is 0 Å². The van der Waals surface area contributed by atoms with Gasteiger partial charge in [0.15, 0.2) is 0 Å². The standard InChI is InChI=1S/C14H13BrClNO2S/c1-17(10-11-6-8-12(15)9-7-11)20(18,19)14-5-3-2-4-13(14)16/h2-9H,10H2,1H3. The lowest BCUT2D eigenvalue weighted by Crippen LogP contribution is -2.26. The zero-order valence-corrected chi connectivity index (χ0v) is 13.9. The molecule has 20 heavy (non-hydrogen) atoms. The summed E-state index contributed by atoms with van der Waals surface area (Å²) in [4.78, 5) is 0.126. The van der Waals surface area contributed by atoms with E-state index in [0.717, 1.165) is 10.0 Å². The predicted octanol–water partition coefficient (Wildman–Crippen LogP) is 3.92. The Morgan fingerprint density at radius 1 is 1.10 bits per heavy atom. The zero-order chi connectivity index (χ0) is 14.8. The molecule has 0 saturated carbocycles. The van der Waals surface area contributed by atoms with Crippen molar-refractivity contribution in [1.29, 1.82) is 0 Å². The summed E-state index contributed by atoms with van der Waals surface area (Å²) in [7, 11) is -2.05. The van der Waals surface area contributed by atoms with Crippen LogP contribution >= 0.6 is 27.5 Å². The van der Waals surface area contributed by atoms with Crippen LogP contribution in [0.2, 0.25) is 5.02 Å². The quantitative estimate of drug-likeness (QED) is 0.813. The fourth-order valence-corrected chi connectivity index (χ4v) is 3.67. The SMILES string of the molecule is CN(Cc1ccc(Br)cc1)S(=O)(=O)c1ccccc1Cl. The minimum atomic E-state index is -3.59. The monoisotopic (exact) mass is 373 g/mol. The maximum absolute atomic E-state index is 12.5. The molecular weight excluding hydrogens is 362 g/mol. The van der Waals surface area contributed by atoms with Crippen molar-refractivity contribution in [2.75, 3.05) is 7.05 Å². The molecule has 2 rings (SSSR count). The van der Waals surface area contributed by atoms with Crippen LogP contribution in [0.15, 0.2) is 57.9 Å². The molecule has 6 heteroatoms. The molecule has 0 saturated heterocycles. The first kappa shape index (κ1) is 15.5. The Kier molecular flexibility index (Phi) is 4.86. The number of hydrogen-bond acceptors (Lipinski definition) is 2. The van der Waals surface area contributed by atoms with Gasteiger partial charge in [0.2, 0.25) is 10.0 Å². The van der Waals surface area contributed by atoms with Gasteiger partial charge in [0.05, 0.1) is 5.02 Å². The average molecular weight is 375 g/mol. The third kappa shape index (κ3) is 3.41. The van der Waals surface area contributed by atoms with Gasteiger partial charge in [-0.2, -0.15) is 4.31 Å². The Bertz CT molecular complexity index is 701. The molecular formula is C14H13BrClNO2S. The molecule has 0 amide bonds. The number of nitrogens with zero attached hydrogens (tertiary/aromatic N) is 1. The summed E-state index contributed by atoms with van der Waals surface area (Å²) >= 11 is 9.31. The Hall–Kier alpha value is -0.880. The number of sulfonamides is 1. The van der Waals surface area contributed by atoms with Crippen LogP contribution in [0.5, 0.6) is 0 Å². The van der Waals surface area contributed by atoms with Gasteiger partial charge < -0.3 is 0 Å². The molecule has 0 aliphatic heterocycles. The molecule has 0 N–H and O–H groups in total.